The number of phenolic OH excluding ortho intramolecular Hbond substituents is 1. The number of nitrogens with one attached hydrogen (secondary N) is 1. The van der Waals surface area contributed by atoms with Gasteiger partial charge in [-0.1, -0.05) is 37.1 Å². The zero-order valence-electron chi connectivity index (χ0n) is 10.7. The average Bonchev–Trinajstić information content (AvgIpc) is 3.14. The molecule has 1 unspecified atom stereocenters. The molecule has 2 N–H and O–H groups in total. The molecule has 0 spiro atoms. The topological polar surface area (TPSA) is 32.3 Å². The molecule has 0 aliphatic heterocycles. The van der Waals surface area contributed by atoms with Crippen molar-refractivity contribution in [2.24, 2.45) is 5.92 Å². The second-order valence-corrected chi connectivity index (χ2v) is 5.40. The molecule has 1 aliphatic carbocycles. The summed E-state index contributed by atoms with van der Waals surface area (Å²) in [6.07, 6.45) is 4.03. The Morgan fingerprint density at radius 2 is 1.89 bits per heavy atom. The molecule has 1 saturated carbocycles. The monoisotopic (exact) mass is 241 g/mol. The SMILES string of the molecule is CC(CC1CC1)Nc1cccc2c(O)cccc12. The van der Waals surface area contributed by atoms with Gasteiger partial charge in [0.25, 0.3) is 0 Å². The molecule has 0 aromatic heterocycles. The zero-order valence-corrected chi connectivity index (χ0v) is 10.7. The summed E-state index contributed by atoms with van der Waals surface area (Å²) in [5.41, 5.74) is 1.12. The fourth-order valence-corrected chi connectivity index (χ4v) is 2.60. The molecule has 1 atom stereocenters. The highest BCUT2D eigenvalue weighted by Crippen LogP contribution is 2.35. The average molecular weight is 241 g/mol. The third-order valence-corrected chi connectivity index (χ3v) is 3.68. The smallest absolute Gasteiger partial charge is 0.123 e. The fourth-order valence-electron chi connectivity index (χ4n) is 2.60. The quantitative estimate of drug-likeness (QED) is 0.843. The van der Waals surface area contributed by atoms with Gasteiger partial charge in [0.05, 0.1) is 0 Å². The molecule has 1 fully saturated rings. The van der Waals surface area contributed by atoms with Crippen LogP contribution in [0, 0.1) is 5.92 Å². The lowest BCUT2D eigenvalue weighted by atomic mass is 10.1. The van der Waals surface area contributed by atoms with E-state index in [9.17, 15) is 5.11 Å². The minimum atomic E-state index is 0.353. The van der Waals surface area contributed by atoms with Gasteiger partial charge in [0.1, 0.15) is 5.75 Å². The van der Waals surface area contributed by atoms with E-state index < -0.39 is 0 Å². The van der Waals surface area contributed by atoms with E-state index in [1.54, 1.807) is 6.07 Å². The van der Waals surface area contributed by atoms with E-state index in [1.807, 2.05) is 18.2 Å². The highest BCUT2D eigenvalue weighted by atomic mass is 16.3. The van der Waals surface area contributed by atoms with Gasteiger partial charge in [-0.05, 0) is 31.4 Å². The van der Waals surface area contributed by atoms with Crippen LogP contribution in [-0.4, -0.2) is 11.1 Å². The number of benzene rings is 2. The van der Waals surface area contributed by atoms with Crippen molar-refractivity contribution < 1.29 is 5.11 Å². The summed E-state index contributed by atoms with van der Waals surface area (Å²) in [6.45, 7) is 2.24. The summed E-state index contributed by atoms with van der Waals surface area (Å²) in [5.74, 6) is 1.28. The van der Waals surface area contributed by atoms with Crippen LogP contribution in [0.5, 0.6) is 5.75 Å². The molecule has 1 aliphatic rings. The first-order chi connectivity index (χ1) is 8.74. The first-order valence-corrected chi connectivity index (χ1v) is 6.71. The Bertz CT molecular complexity index is 560. The van der Waals surface area contributed by atoms with Gasteiger partial charge in [-0.15, -0.1) is 0 Å². The lowest BCUT2D eigenvalue weighted by Crippen LogP contribution is -2.15. The van der Waals surface area contributed by atoms with Crippen LogP contribution in [-0.2, 0) is 0 Å². The molecule has 2 aromatic carbocycles. The molecule has 0 bridgehead atoms. The zero-order chi connectivity index (χ0) is 12.5. The van der Waals surface area contributed by atoms with Crippen molar-refractivity contribution in [3.8, 4) is 5.75 Å². The number of rotatable bonds is 4. The predicted octanol–water partition coefficient (Wildman–Crippen LogP) is 4.15. The molecule has 2 nitrogen and oxygen atoms in total. The van der Waals surface area contributed by atoms with Crippen molar-refractivity contribution in [2.45, 2.75) is 32.2 Å². The van der Waals surface area contributed by atoms with Gasteiger partial charge in [-0.3, -0.25) is 0 Å². The number of hydrogen-bond acceptors (Lipinski definition) is 2. The van der Waals surface area contributed by atoms with Crippen LogP contribution in [0.15, 0.2) is 36.4 Å². The third-order valence-electron chi connectivity index (χ3n) is 3.68. The number of fused-ring (bicyclic) bond motifs is 1. The van der Waals surface area contributed by atoms with E-state index in [1.165, 1.54) is 19.3 Å². The molecule has 18 heavy (non-hydrogen) atoms. The van der Waals surface area contributed by atoms with Crippen molar-refractivity contribution in [1.29, 1.82) is 0 Å². The third kappa shape index (κ3) is 2.28. The van der Waals surface area contributed by atoms with E-state index in [4.69, 9.17) is 0 Å². The highest BCUT2D eigenvalue weighted by molar-refractivity contribution is 5.97. The number of phenols is 1. The van der Waals surface area contributed by atoms with Crippen molar-refractivity contribution in [3.05, 3.63) is 36.4 Å². The molecule has 0 radical (unpaired) electrons. The summed E-state index contributed by atoms with van der Waals surface area (Å²) < 4.78 is 0. The van der Waals surface area contributed by atoms with Crippen molar-refractivity contribution in [3.63, 3.8) is 0 Å². The maximum atomic E-state index is 9.86. The van der Waals surface area contributed by atoms with Crippen molar-refractivity contribution in [1.82, 2.24) is 0 Å². The molecule has 0 amide bonds. The first-order valence-electron chi connectivity index (χ1n) is 6.71. The van der Waals surface area contributed by atoms with Crippen LogP contribution in [0.1, 0.15) is 26.2 Å². The Morgan fingerprint density at radius 3 is 2.67 bits per heavy atom. The highest BCUT2D eigenvalue weighted by Gasteiger charge is 2.23. The largest absolute Gasteiger partial charge is 0.507 e. The van der Waals surface area contributed by atoms with E-state index in [-0.39, 0.29) is 0 Å². The Morgan fingerprint density at radius 1 is 1.17 bits per heavy atom. The lowest BCUT2D eigenvalue weighted by Gasteiger charge is -2.17. The summed E-state index contributed by atoms with van der Waals surface area (Å²) in [6, 6.07) is 12.2. The summed E-state index contributed by atoms with van der Waals surface area (Å²) >= 11 is 0. The first kappa shape index (κ1) is 11.4. The van der Waals surface area contributed by atoms with Gasteiger partial charge in [-0.25, -0.2) is 0 Å². The molecule has 2 aromatic rings. The van der Waals surface area contributed by atoms with E-state index >= 15 is 0 Å². The summed E-state index contributed by atoms with van der Waals surface area (Å²) in [5, 5.41) is 15.4. The molecule has 3 rings (SSSR count). The van der Waals surface area contributed by atoms with Crippen LogP contribution in [0.4, 0.5) is 5.69 Å². The van der Waals surface area contributed by atoms with E-state index in [2.05, 4.69) is 24.4 Å². The number of hydrogen-bond donors (Lipinski definition) is 2. The molecule has 2 heteroatoms. The Kier molecular flexibility index (Phi) is 2.86. The van der Waals surface area contributed by atoms with Gasteiger partial charge in [0.2, 0.25) is 0 Å². The van der Waals surface area contributed by atoms with E-state index in [0.717, 1.165) is 22.4 Å². The predicted molar refractivity (Wildman–Crippen MR) is 76.0 cm³/mol. The van der Waals surface area contributed by atoms with Gasteiger partial charge in [-0.2, -0.15) is 0 Å². The van der Waals surface area contributed by atoms with Gasteiger partial charge in [0.15, 0.2) is 0 Å². The minimum Gasteiger partial charge on any atom is -0.507 e. The Hall–Kier alpha value is -1.70. The second kappa shape index (κ2) is 4.52. The maximum absolute atomic E-state index is 9.86. The van der Waals surface area contributed by atoms with Crippen LogP contribution < -0.4 is 5.32 Å². The van der Waals surface area contributed by atoms with Gasteiger partial charge in [0, 0.05) is 22.5 Å². The molecule has 94 valence electrons. The Balaban J connectivity index is 1.88. The van der Waals surface area contributed by atoms with E-state index in [0.29, 0.717) is 11.8 Å². The normalized spacial score (nSPS) is 16.7. The second-order valence-electron chi connectivity index (χ2n) is 5.40. The van der Waals surface area contributed by atoms with Crippen molar-refractivity contribution >= 4 is 16.5 Å². The van der Waals surface area contributed by atoms with Crippen LogP contribution >= 0.6 is 0 Å². The summed E-state index contributed by atoms with van der Waals surface area (Å²) in [7, 11) is 0. The molecular weight excluding hydrogens is 222 g/mol. The minimum absolute atomic E-state index is 0.353. The Labute approximate surface area is 108 Å². The van der Waals surface area contributed by atoms with Crippen LogP contribution in [0.3, 0.4) is 0 Å². The standard InChI is InChI=1S/C16H19NO/c1-11(10-12-8-9-12)17-15-6-2-5-14-13(15)4-3-7-16(14)18/h2-7,11-12,17-18H,8-10H2,1H3. The summed E-state index contributed by atoms with van der Waals surface area (Å²) in [4.78, 5) is 0. The number of anilines is 1. The lowest BCUT2D eigenvalue weighted by molar-refractivity contribution is 0.481. The molecule has 0 saturated heterocycles. The fraction of sp³-hybridized carbons (Fsp3) is 0.375. The van der Waals surface area contributed by atoms with Gasteiger partial charge < -0.3 is 10.4 Å². The molecular formula is C16H19NO. The molecule has 0 heterocycles. The maximum Gasteiger partial charge on any atom is 0.123 e. The van der Waals surface area contributed by atoms with Crippen molar-refractivity contribution in [2.75, 3.05) is 5.32 Å². The number of aromatic hydroxyl groups is 1. The van der Waals surface area contributed by atoms with Gasteiger partial charge >= 0.3 is 0 Å². The van der Waals surface area contributed by atoms with Crippen LogP contribution in [0.25, 0.3) is 10.8 Å². The van der Waals surface area contributed by atoms with Crippen LogP contribution in [0.2, 0.25) is 0 Å².